The summed E-state index contributed by atoms with van der Waals surface area (Å²) < 4.78 is 9.53. The van der Waals surface area contributed by atoms with E-state index < -0.39 is 13.9 Å². The highest BCUT2D eigenvalue weighted by molar-refractivity contribution is 14.1. The Labute approximate surface area is 208 Å². The number of aliphatic hydroxyl groups is 1. The third kappa shape index (κ3) is 4.20. The van der Waals surface area contributed by atoms with Crippen LogP contribution in [0.1, 0.15) is 24.6 Å². The van der Waals surface area contributed by atoms with Crippen LogP contribution in [0, 0.1) is 9.49 Å². The van der Waals surface area contributed by atoms with E-state index in [0.29, 0.717) is 25.9 Å². The summed E-state index contributed by atoms with van der Waals surface area (Å²) in [5, 5.41) is 17.4. The molecule has 33 heavy (non-hydrogen) atoms. The van der Waals surface area contributed by atoms with Crippen LogP contribution < -0.4 is 4.90 Å². The zero-order valence-corrected chi connectivity index (χ0v) is 22.4. The second-order valence-corrected chi connectivity index (χ2v) is 14.7. The summed E-state index contributed by atoms with van der Waals surface area (Å²) in [5.41, 5.74) is 1.22. The molecule has 1 aromatic heterocycles. The molecular formula is C23H31IN4O4Si. The van der Waals surface area contributed by atoms with E-state index in [0.717, 1.165) is 20.5 Å². The summed E-state index contributed by atoms with van der Waals surface area (Å²) in [7, 11) is -2.69. The Bertz CT molecular complexity index is 1060. The molecule has 1 saturated heterocycles. The number of aliphatic hydroxyl groups excluding tert-OH is 1. The van der Waals surface area contributed by atoms with Gasteiger partial charge in [0.2, 0.25) is 0 Å². The molecule has 8 nitrogen and oxygen atoms in total. The van der Waals surface area contributed by atoms with Crippen molar-refractivity contribution < 1.29 is 19.4 Å². The van der Waals surface area contributed by atoms with Crippen molar-refractivity contribution in [3.63, 3.8) is 0 Å². The molecule has 2 N–H and O–H groups in total. The number of nitrogens with zero attached hydrogens (tertiary/aromatic N) is 4. The smallest absolute Gasteiger partial charge is 0.264 e. The predicted molar refractivity (Wildman–Crippen MR) is 136 cm³/mol. The molecule has 10 heteroatoms. The van der Waals surface area contributed by atoms with Crippen molar-refractivity contribution >= 4 is 42.5 Å². The third-order valence-electron chi connectivity index (χ3n) is 6.85. The predicted octanol–water partition coefficient (Wildman–Crippen LogP) is 2.84. The number of ether oxygens (including phenoxy) is 1. The summed E-state index contributed by atoms with van der Waals surface area (Å²) in [4.78, 5) is 26.9. The van der Waals surface area contributed by atoms with E-state index in [4.69, 9.17) is 9.84 Å². The van der Waals surface area contributed by atoms with Gasteiger partial charge in [0.25, 0.3) is 5.91 Å². The molecule has 1 spiro atoms. The second-order valence-electron chi connectivity index (χ2n) is 9.46. The van der Waals surface area contributed by atoms with Crippen molar-refractivity contribution in [3.05, 3.63) is 51.9 Å². The Morgan fingerprint density at radius 2 is 2.15 bits per heavy atom. The van der Waals surface area contributed by atoms with Crippen LogP contribution in [0.2, 0.25) is 18.6 Å². The lowest BCUT2D eigenvalue weighted by molar-refractivity contribution is -0.145. The van der Waals surface area contributed by atoms with E-state index in [-0.39, 0.29) is 30.1 Å². The SMILES string of the molecule is C=CCN1C(=O)[C@@]2(O[C@@H](CCn3cc(CCO)nn3)[C@H]([Si](C)(C)O)[C@H]2C)c2cc(I)ccc21. The minimum atomic E-state index is -2.69. The minimum absolute atomic E-state index is 0.0262. The molecule has 0 bridgehead atoms. The van der Waals surface area contributed by atoms with Gasteiger partial charge in [0.05, 0.1) is 17.5 Å². The molecule has 0 radical (unpaired) electrons. The summed E-state index contributed by atoms with van der Waals surface area (Å²) in [6, 6.07) is 6.01. The number of hydrogen-bond donors (Lipinski definition) is 2. The first kappa shape index (κ1) is 24.5. The van der Waals surface area contributed by atoms with E-state index in [1.165, 1.54) is 0 Å². The molecule has 4 rings (SSSR count). The number of anilines is 1. The van der Waals surface area contributed by atoms with E-state index in [9.17, 15) is 9.59 Å². The fourth-order valence-corrected chi connectivity index (χ4v) is 8.66. The van der Waals surface area contributed by atoms with Crippen LogP contribution in [0.3, 0.4) is 0 Å². The van der Waals surface area contributed by atoms with Gasteiger partial charge >= 0.3 is 0 Å². The summed E-state index contributed by atoms with van der Waals surface area (Å²) in [6.07, 6.45) is 4.32. The van der Waals surface area contributed by atoms with Crippen molar-refractivity contribution in [2.24, 2.45) is 5.92 Å². The highest BCUT2D eigenvalue weighted by Crippen LogP contribution is 2.59. The number of carbonyl (C=O) groups is 1. The van der Waals surface area contributed by atoms with Gasteiger partial charge in [0, 0.05) is 52.9 Å². The van der Waals surface area contributed by atoms with Gasteiger partial charge in [0.1, 0.15) is 0 Å². The standard InChI is InChI=1S/C23H31IN4O4Si/c1-5-10-28-19-7-6-16(24)13-18(19)23(22(28)30)15(2)21(33(3,4)31)20(32-23)8-11-27-14-17(9-12-29)25-26-27/h5-7,13-15,20-21,29,31H,1,8-12H2,2-4H3/t15-,20+,21-,23+/m1/s1. The first-order valence-corrected chi connectivity index (χ1v) is 15.4. The Hall–Kier alpha value is -1.60. The Morgan fingerprint density at radius 1 is 1.39 bits per heavy atom. The average molecular weight is 583 g/mol. The molecule has 2 aliphatic heterocycles. The van der Waals surface area contributed by atoms with Crippen LogP contribution in [0.15, 0.2) is 37.1 Å². The topological polar surface area (TPSA) is 101 Å². The number of amides is 1. The highest BCUT2D eigenvalue weighted by atomic mass is 127. The summed E-state index contributed by atoms with van der Waals surface area (Å²) in [5.74, 6) is -0.266. The number of aryl methyl sites for hydroxylation is 1. The molecule has 1 fully saturated rings. The Morgan fingerprint density at radius 3 is 2.82 bits per heavy atom. The lowest BCUT2D eigenvalue weighted by Gasteiger charge is -2.32. The van der Waals surface area contributed by atoms with E-state index >= 15 is 0 Å². The normalized spacial score (nSPS) is 26.9. The van der Waals surface area contributed by atoms with Gasteiger partial charge in [0.15, 0.2) is 13.9 Å². The highest BCUT2D eigenvalue weighted by Gasteiger charge is 2.66. The van der Waals surface area contributed by atoms with Gasteiger partial charge in [-0.3, -0.25) is 9.48 Å². The van der Waals surface area contributed by atoms with Gasteiger partial charge in [-0.2, -0.15) is 0 Å². The van der Waals surface area contributed by atoms with Crippen molar-refractivity contribution in [2.75, 3.05) is 18.1 Å². The van der Waals surface area contributed by atoms with E-state index in [1.807, 2.05) is 44.4 Å². The molecule has 1 amide bonds. The first-order valence-electron chi connectivity index (χ1n) is 11.3. The largest absolute Gasteiger partial charge is 0.432 e. The van der Waals surface area contributed by atoms with Gasteiger partial charge < -0.3 is 19.5 Å². The van der Waals surface area contributed by atoms with Crippen LogP contribution in [0.25, 0.3) is 0 Å². The number of hydrogen-bond acceptors (Lipinski definition) is 6. The lowest BCUT2D eigenvalue weighted by atomic mass is 9.82. The van der Waals surface area contributed by atoms with Crippen molar-refractivity contribution in [1.29, 1.82) is 0 Å². The Balaban J connectivity index is 1.70. The monoisotopic (exact) mass is 582 g/mol. The zero-order chi connectivity index (χ0) is 24.0. The van der Waals surface area contributed by atoms with Crippen LogP contribution >= 0.6 is 22.6 Å². The molecule has 0 unspecified atom stereocenters. The van der Waals surface area contributed by atoms with Gasteiger partial charge in [-0.05, 0) is 60.3 Å². The molecule has 0 saturated carbocycles. The molecule has 0 aliphatic carbocycles. The van der Waals surface area contributed by atoms with E-state index in [2.05, 4.69) is 39.5 Å². The zero-order valence-electron chi connectivity index (χ0n) is 19.2. The molecule has 2 aromatic rings. The number of aromatic nitrogens is 3. The number of halogens is 1. The van der Waals surface area contributed by atoms with Crippen molar-refractivity contribution in [1.82, 2.24) is 15.0 Å². The molecule has 1 aromatic carbocycles. The maximum atomic E-state index is 13.9. The van der Waals surface area contributed by atoms with Gasteiger partial charge in [-0.15, -0.1) is 11.7 Å². The maximum Gasteiger partial charge on any atom is 0.264 e. The molecule has 4 atom stereocenters. The van der Waals surface area contributed by atoms with E-state index in [1.54, 1.807) is 15.7 Å². The lowest BCUT2D eigenvalue weighted by Crippen LogP contribution is -2.46. The average Bonchev–Trinajstić information content (AvgIpc) is 3.38. The van der Waals surface area contributed by atoms with Crippen LogP contribution in [-0.4, -0.2) is 58.4 Å². The fourth-order valence-electron chi connectivity index (χ4n) is 5.57. The number of carbonyl (C=O) groups excluding carboxylic acids is 1. The summed E-state index contributed by atoms with van der Waals surface area (Å²) in [6.45, 7) is 10.7. The van der Waals surface area contributed by atoms with Gasteiger partial charge in [-0.25, -0.2) is 0 Å². The van der Waals surface area contributed by atoms with Crippen molar-refractivity contribution in [2.45, 2.75) is 56.7 Å². The molecular weight excluding hydrogens is 551 g/mol. The quantitative estimate of drug-likeness (QED) is 0.282. The number of rotatable bonds is 8. The van der Waals surface area contributed by atoms with Crippen LogP contribution in [0.4, 0.5) is 5.69 Å². The molecule has 3 heterocycles. The maximum absolute atomic E-state index is 13.9. The van der Waals surface area contributed by atoms with Crippen molar-refractivity contribution in [3.8, 4) is 0 Å². The Kier molecular flexibility index (Phi) is 6.85. The van der Waals surface area contributed by atoms with Crippen LogP contribution in [0.5, 0.6) is 0 Å². The molecule has 2 aliphatic rings. The number of benzene rings is 1. The molecule has 178 valence electrons. The third-order valence-corrected chi connectivity index (χ3v) is 10.0. The second kappa shape index (κ2) is 9.21. The minimum Gasteiger partial charge on any atom is -0.432 e. The summed E-state index contributed by atoms with van der Waals surface area (Å²) >= 11 is 2.26. The first-order chi connectivity index (χ1) is 15.6. The fraction of sp³-hybridized carbons (Fsp3) is 0.522. The number of fused-ring (bicyclic) bond motifs is 2. The van der Waals surface area contributed by atoms with Gasteiger partial charge in [-0.1, -0.05) is 18.2 Å². The van der Waals surface area contributed by atoms with Crippen LogP contribution in [-0.2, 0) is 28.1 Å².